The minimum absolute atomic E-state index is 0.444. The molecule has 0 spiro atoms. The van der Waals surface area contributed by atoms with E-state index in [1.54, 1.807) is 0 Å². The number of rotatable bonds is 19. The van der Waals surface area contributed by atoms with Crippen molar-refractivity contribution in [2.24, 2.45) is 4.99 Å². The Hall–Kier alpha value is -0.280. The minimum Gasteiger partial charge on any atom is -0.374 e. The first-order valence-electron chi connectivity index (χ1n) is 11.9. The zero-order chi connectivity index (χ0) is 19.6. The molecule has 0 aromatic heterocycles. The summed E-state index contributed by atoms with van der Waals surface area (Å²) in [6.07, 6.45) is 23.9. The highest BCUT2D eigenvalue weighted by Crippen LogP contribution is 2.16. The molecule has 0 fully saturated rings. The van der Waals surface area contributed by atoms with Crippen LogP contribution in [0.2, 0.25) is 0 Å². The van der Waals surface area contributed by atoms with E-state index in [9.17, 15) is 5.11 Å². The summed E-state index contributed by atoms with van der Waals surface area (Å²) < 4.78 is 0. The Morgan fingerprint density at radius 1 is 0.778 bits per heavy atom. The molecule has 0 saturated carbocycles. The summed E-state index contributed by atoms with van der Waals surface area (Å²) in [6.45, 7) is 3.77. The second-order valence-corrected chi connectivity index (χ2v) is 8.61. The molecule has 0 amide bonds. The maximum atomic E-state index is 10.1. The smallest absolute Gasteiger partial charge is 0.196 e. The largest absolute Gasteiger partial charge is 0.374 e. The second kappa shape index (κ2) is 17.8. The van der Waals surface area contributed by atoms with Crippen LogP contribution < -0.4 is 0 Å². The molecule has 1 heterocycles. The van der Waals surface area contributed by atoms with Gasteiger partial charge in [-0.3, -0.25) is 4.99 Å². The molecule has 3 nitrogen and oxygen atoms in total. The van der Waals surface area contributed by atoms with Crippen molar-refractivity contribution < 1.29 is 5.11 Å². The van der Waals surface area contributed by atoms with Crippen molar-refractivity contribution in [3.05, 3.63) is 0 Å². The van der Waals surface area contributed by atoms with Crippen LogP contribution in [0.15, 0.2) is 4.99 Å². The monoisotopic (exact) mass is 400 g/mol. The highest BCUT2D eigenvalue weighted by Gasteiger charge is 2.21. The molecule has 0 aromatic rings. The van der Waals surface area contributed by atoms with Crippen LogP contribution in [0.3, 0.4) is 0 Å². The van der Waals surface area contributed by atoms with Crippen molar-refractivity contribution >= 4 is 16.9 Å². The van der Waals surface area contributed by atoms with E-state index in [1.807, 2.05) is 4.90 Å². The van der Waals surface area contributed by atoms with Gasteiger partial charge in [-0.2, -0.15) is 0 Å². The highest BCUT2D eigenvalue weighted by atomic mass is 35.5. The lowest BCUT2D eigenvalue weighted by Gasteiger charge is -2.23. The number of nitrogens with zero attached hydrogens (tertiary/aromatic N) is 2. The van der Waals surface area contributed by atoms with Crippen molar-refractivity contribution in [2.45, 2.75) is 129 Å². The average Bonchev–Trinajstić information content (AvgIpc) is 3.10. The Balaban J connectivity index is 1.73. The number of hydrogen-bond acceptors (Lipinski definition) is 3. The lowest BCUT2D eigenvalue weighted by molar-refractivity contribution is 0.0520. The third-order valence-electron chi connectivity index (χ3n) is 5.75. The summed E-state index contributed by atoms with van der Waals surface area (Å²) in [5, 5.41) is 10.6. The molecule has 0 bridgehead atoms. The average molecular weight is 401 g/mol. The lowest BCUT2D eigenvalue weighted by atomic mass is 10.0. The Kier molecular flexibility index (Phi) is 16.3. The van der Waals surface area contributed by atoms with Crippen LogP contribution in [0.25, 0.3) is 0 Å². The van der Waals surface area contributed by atoms with Gasteiger partial charge in [0.15, 0.2) is 5.29 Å². The van der Waals surface area contributed by atoms with E-state index in [0.29, 0.717) is 5.29 Å². The Morgan fingerprint density at radius 3 is 1.56 bits per heavy atom. The van der Waals surface area contributed by atoms with Crippen molar-refractivity contribution in [1.29, 1.82) is 0 Å². The standard InChI is InChI=1S/C23H45ClN2O/c1-2-3-4-5-6-7-8-9-10-11-12-13-14-15-16-17-18-19-22(27)26-21-20-25-23(26)24/h22,27H,2-21H2,1H3. The quantitative estimate of drug-likeness (QED) is 0.183. The van der Waals surface area contributed by atoms with Crippen LogP contribution in [-0.2, 0) is 0 Å². The van der Waals surface area contributed by atoms with Crippen LogP contribution in [0.4, 0.5) is 0 Å². The maximum Gasteiger partial charge on any atom is 0.196 e. The molecule has 0 radical (unpaired) electrons. The zero-order valence-corrected chi connectivity index (χ0v) is 18.7. The normalized spacial score (nSPS) is 15.4. The van der Waals surface area contributed by atoms with Crippen LogP contribution >= 0.6 is 11.6 Å². The number of hydrogen-bond donors (Lipinski definition) is 1. The maximum absolute atomic E-state index is 10.1. The van der Waals surface area contributed by atoms with Crippen molar-refractivity contribution in [2.75, 3.05) is 13.1 Å². The van der Waals surface area contributed by atoms with Gasteiger partial charge in [-0.15, -0.1) is 0 Å². The van der Waals surface area contributed by atoms with Gasteiger partial charge in [0.1, 0.15) is 6.23 Å². The van der Waals surface area contributed by atoms with E-state index in [2.05, 4.69) is 11.9 Å². The van der Waals surface area contributed by atoms with Crippen molar-refractivity contribution in [3.8, 4) is 0 Å². The van der Waals surface area contributed by atoms with Gasteiger partial charge < -0.3 is 10.0 Å². The zero-order valence-electron chi connectivity index (χ0n) is 17.9. The summed E-state index contributed by atoms with van der Waals surface area (Å²) in [5.74, 6) is 0. The SMILES string of the molecule is CCCCCCCCCCCCCCCCCCCC(O)N1CCN=C1Cl. The van der Waals surface area contributed by atoms with E-state index >= 15 is 0 Å². The topological polar surface area (TPSA) is 35.8 Å². The van der Waals surface area contributed by atoms with E-state index in [1.165, 1.54) is 103 Å². The van der Waals surface area contributed by atoms with Crippen molar-refractivity contribution in [1.82, 2.24) is 4.90 Å². The fourth-order valence-electron chi connectivity index (χ4n) is 3.91. The third kappa shape index (κ3) is 13.5. The van der Waals surface area contributed by atoms with Gasteiger partial charge in [0.05, 0.1) is 6.54 Å². The molecule has 1 aliphatic heterocycles. The predicted octanol–water partition coefficient (Wildman–Crippen LogP) is 7.26. The van der Waals surface area contributed by atoms with Crippen molar-refractivity contribution in [3.63, 3.8) is 0 Å². The van der Waals surface area contributed by atoms with Crippen LogP contribution in [0.1, 0.15) is 122 Å². The number of unbranched alkanes of at least 4 members (excludes halogenated alkanes) is 16. The Labute approximate surface area is 174 Å². The summed E-state index contributed by atoms with van der Waals surface area (Å²) in [6, 6.07) is 0. The number of amidine groups is 1. The number of aliphatic imine (C=N–C) groups is 1. The molecule has 1 rings (SSSR count). The molecule has 0 aliphatic carbocycles. The van der Waals surface area contributed by atoms with Gasteiger partial charge in [-0.1, -0.05) is 110 Å². The first kappa shape index (κ1) is 24.8. The predicted molar refractivity (Wildman–Crippen MR) is 120 cm³/mol. The van der Waals surface area contributed by atoms with E-state index in [0.717, 1.165) is 25.9 Å². The number of halogens is 1. The molecule has 0 aromatic carbocycles. The Bertz CT molecular complexity index is 362. The first-order chi connectivity index (χ1) is 13.3. The fourth-order valence-corrected chi connectivity index (χ4v) is 4.19. The number of aliphatic hydroxyl groups is 1. The summed E-state index contributed by atoms with van der Waals surface area (Å²) >= 11 is 5.97. The lowest BCUT2D eigenvalue weighted by Crippen LogP contribution is -2.35. The van der Waals surface area contributed by atoms with Gasteiger partial charge >= 0.3 is 0 Å². The molecule has 4 heteroatoms. The summed E-state index contributed by atoms with van der Waals surface area (Å²) in [7, 11) is 0. The molecule has 0 saturated heterocycles. The molecule has 1 aliphatic rings. The van der Waals surface area contributed by atoms with Gasteiger partial charge in [0.25, 0.3) is 0 Å². The Morgan fingerprint density at radius 2 is 1.19 bits per heavy atom. The third-order valence-corrected chi connectivity index (χ3v) is 6.08. The van der Waals surface area contributed by atoms with Crippen LogP contribution in [-0.4, -0.2) is 34.6 Å². The van der Waals surface area contributed by atoms with Crippen LogP contribution in [0, 0.1) is 0 Å². The minimum atomic E-state index is -0.444. The van der Waals surface area contributed by atoms with Gasteiger partial charge in [-0.25, -0.2) is 0 Å². The second-order valence-electron chi connectivity index (χ2n) is 8.27. The molecular weight excluding hydrogens is 356 g/mol. The molecule has 27 heavy (non-hydrogen) atoms. The first-order valence-corrected chi connectivity index (χ1v) is 12.3. The molecule has 1 unspecified atom stereocenters. The molecular formula is C23H45ClN2O. The summed E-state index contributed by atoms with van der Waals surface area (Å²) in [4.78, 5) is 5.93. The van der Waals surface area contributed by atoms with Gasteiger partial charge in [0, 0.05) is 6.54 Å². The summed E-state index contributed by atoms with van der Waals surface area (Å²) in [5.41, 5.74) is 0. The fraction of sp³-hybridized carbons (Fsp3) is 0.957. The molecule has 160 valence electrons. The number of aliphatic hydroxyl groups excluding tert-OH is 1. The van der Waals surface area contributed by atoms with E-state index in [4.69, 9.17) is 11.6 Å². The van der Waals surface area contributed by atoms with Gasteiger partial charge in [0.2, 0.25) is 0 Å². The highest BCUT2D eigenvalue weighted by molar-refractivity contribution is 6.64. The van der Waals surface area contributed by atoms with E-state index < -0.39 is 6.23 Å². The van der Waals surface area contributed by atoms with E-state index in [-0.39, 0.29) is 0 Å². The molecule has 1 N–H and O–H groups in total. The van der Waals surface area contributed by atoms with Gasteiger partial charge in [-0.05, 0) is 24.4 Å². The molecule has 1 atom stereocenters. The van der Waals surface area contributed by atoms with Crippen LogP contribution in [0.5, 0.6) is 0 Å².